The van der Waals surface area contributed by atoms with E-state index < -0.39 is 5.91 Å². The zero-order valence-corrected chi connectivity index (χ0v) is 8.44. The van der Waals surface area contributed by atoms with E-state index in [4.69, 9.17) is 5.11 Å². The third kappa shape index (κ3) is 8.74. The highest BCUT2D eigenvalue weighted by atomic mass is 16.3. The van der Waals surface area contributed by atoms with E-state index >= 15 is 0 Å². The Morgan fingerprint density at radius 2 is 2.29 bits per heavy atom. The van der Waals surface area contributed by atoms with Gasteiger partial charge in [0.2, 0.25) is 5.91 Å². The van der Waals surface area contributed by atoms with Gasteiger partial charge in [0.15, 0.2) is 0 Å². The number of carbonyl (C=O) groups is 1. The van der Waals surface area contributed by atoms with Crippen LogP contribution in [-0.4, -0.2) is 17.6 Å². The van der Waals surface area contributed by atoms with Crippen LogP contribution in [0, 0.1) is 0 Å². The quantitative estimate of drug-likeness (QED) is 0.697. The van der Waals surface area contributed by atoms with Gasteiger partial charge in [0.1, 0.15) is 0 Å². The van der Waals surface area contributed by atoms with E-state index in [2.05, 4.69) is 43.0 Å². The summed E-state index contributed by atoms with van der Waals surface area (Å²) in [5.41, 5.74) is 5.94. The fourth-order valence-electron chi connectivity index (χ4n) is 0.797. The molecule has 0 fully saturated rings. The normalized spacial score (nSPS) is 13.7. The van der Waals surface area contributed by atoms with Crippen molar-refractivity contribution in [2.75, 3.05) is 6.61 Å². The number of aliphatic hydroxyl groups is 1. The number of carbonyl (C=O) groups excluding carboxylic acids is 1. The van der Waals surface area contributed by atoms with Crippen LogP contribution in [0.15, 0.2) is 36.0 Å². The van der Waals surface area contributed by atoms with E-state index in [-0.39, 0.29) is 13.0 Å². The van der Waals surface area contributed by atoms with Crippen molar-refractivity contribution >= 4 is 5.91 Å². The van der Waals surface area contributed by atoms with Gasteiger partial charge < -0.3 is 10.8 Å². The molecule has 1 aliphatic rings. The summed E-state index contributed by atoms with van der Waals surface area (Å²) in [4.78, 5) is 9.66. The minimum atomic E-state index is -0.461. The first-order chi connectivity index (χ1) is 6.66. The Morgan fingerprint density at radius 1 is 1.57 bits per heavy atom. The lowest BCUT2D eigenvalue weighted by molar-refractivity contribution is -0.118. The van der Waals surface area contributed by atoms with Gasteiger partial charge in [0, 0.05) is 6.42 Å². The topological polar surface area (TPSA) is 63.3 Å². The van der Waals surface area contributed by atoms with Crippen molar-refractivity contribution < 1.29 is 9.90 Å². The Kier molecular flexibility index (Phi) is 7.46. The van der Waals surface area contributed by atoms with Crippen molar-refractivity contribution in [3.8, 4) is 0 Å². The van der Waals surface area contributed by atoms with Gasteiger partial charge in [0.05, 0.1) is 6.61 Å². The summed E-state index contributed by atoms with van der Waals surface area (Å²) in [7, 11) is 0. The molecular formula is C11H17NO2. The maximum atomic E-state index is 9.66. The third-order valence-electron chi connectivity index (χ3n) is 1.51. The number of hydrogen-bond acceptors (Lipinski definition) is 2. The molecule has 0 saturated carbocycles. The average molecular weight is 195 g/mol. The van der Waals surface area contributed by atoms with Gasteiger partial charge in [-0.3, -0.25) is 4.79 Å². The number of nitrogens with two attached hydrogens (primary N) is 1. The number of rotatable bonds is 2. The fourth-order valence-corrected chi connectivity index (χ4v) is 0.797. The Bertz CT molecular complexity index is 252. The van der Waals surface area contributed by atoms with Gasteiger partial charge in [0.25, 0.3) is 0 Å². The molecule has 0 aromatic rings. The molecule has 3 heteroatoms. The van der Waals surface area contributed by atoms with Gasteiger partial charge in [-0.05, 0) is 13.3 Å². The first kappa shape index (κ1) is 12.7. The number of hydrogen-bond donors (Lipinski definition) is 2. The largest absolute Gasteiger partial charge is 0.396 e. The molecule has 0 heterocycles. The fraction of sp³-hybridized carbons (Fsp3) is 0.364. The molecule has 3 N–H and O–H groups in total. The third-order valence-corrected chi connectivity index (χ3v) is 1.51. The lowest BCUT2D eigenvalue weighted by Gasteiger charge is -1.81. The Labute approximate surface area is 84.6 Å². The van der Waals surface area contributed by atoms with Crippen LogP contribution < -0.4 is 5.73 Å². The molecule has 0 aromatic carbocycles. The molecule has 0 spiro atoms. The van der Waals surface area contributed by atoms with Gasteiger partial charge in [-0.1, -0.05) is 36.0 Å². The van der Waals surface area contributed by atoms with Crippen LogP contribution in [0.2, 0.25) is 0 Å². The molecule has 0 aromatic heterocycles. The Balaban J connectivity index is 0.000000255. The minimum absolute atomic E-state index is 0.0694. The molecule has 3 nitrogen and oxygen atoms in total. The van der Waals surface area contributed by atoms with Gasteiger partial charge in [-0.15, -0.1) is 0 Å². The molecule has 0 radical (unpaired) electrons. The predicted octanol–water partition coefficient (Wildman–Crippen LogP) is 1.30. The second kappa shape index (κ2) is 8.26. The first-order valence-electron chi connectivity index (χ1n) is 4.56. The highest BCUT2D eigenvalue weighted by Gasteiger charge is 1.85. The summed E-state index contributed by atoms with van der Waals surface area (Å²) >= 11 is 0. The molecule has 0 saturated heterocycles. The van der Waals surface area contributed by atoms with Crippen molar-refractivity contribution in [1.29, 1.82) is 0 Å². The maximum absolute atomic E-state index is 9.66. The second-order valence-electron chi connectivity index (χ2n) is 2.92. The summed E-state index contributed by atoms with van der Waals surface area (Å²) in [6.07, 6.45) is 11.8. The summed E-state index contributed by atoms with van der Waals surface area (Å²) in [6, 6.07) is 0. The van der Waals surface area contributed by atoms with Gasteiger partial charge in [-0.2, -0.15) is 0 Å². The van der Waals surface area contributed by atoms with Gasteiger partial charge >= 0.3 is 0 Å². The smallest absolute Gasteiger partial charge is 0.219 e. The summed E-state index contributed by atoms with van der Waals surface area (Å²) < 4.78 is 0. The predicted molar refractivity (Wildman–Crippen MR) is 57.6 cm³/mol. The van der Waals surface area contributed by atoms with Crippen molar-refractivity contribution in [1.82, 2.24) is 0 Å². The number of aliphatic hydroxyl groups excluding tert-OH is 1. The lowest BCUT2D eigenvalue weighted by atomic mass is 10.3. The van der Waals surface area contributed by atoms with Crippen LogP contribution >= 0.6 is 0 Å². The standard InChI is InChI=1S/C8H10.C3H7NO2/c1-8-6-4-2-3-5-7-8;4-3(6)1-2-5/h2,4-7H,3H2,1H3;5H,1-2H2,(H2,4,6). The molecule has 0 unspecified atom stereocenters. The summed E-state index contributed by atoms with van der Waals surface area (Å²) in [5.74, 6) is -0.461. The molecule has 14 heavy (non-hydrogen) atoms. The van der Waals surface area contributed by atoms with Crippen molar-refractivity contribution in [3.05, 3.63) is 36.0 Å². The Hall–Kier alpha value is -1.35. The van der Waals surface area contributed by atoms with Crippen molar-refractivity contribution in [2.24, 2.45) is 5.73 Å². The van der Waals surface area contributed by atoms with E-state index in [1.54, 1.807) is 0 Å². The zero-order valence-electron chi connectivity index (χ0n) is 8.44. The van der Waals surface area contributed by atoms with Crippen molar-refractivity contribution in [2.45, 2.75) is 19.8 Å². The monoisotopic (exact) mass is 195 g/mol. The molecule has 1 aliphatic carbocycles. The number of allylic oxidation sites excluding steroid dienone is 6. The first-order valence-corrected chi connectivity index (χ1v) is 4.56. The van der Waals surface area contributed by atoms with Gasteiger partial charge in [-0.25, -0.2) is 0 Å². The SMILES string of the molecule is CC1=CC=CCC=C1.NC(=O)CCO. The van der Waals surface area contributed by atoms with Crippen molar-refractivity contribution in [3.63, 3.8) is 0 Å². The molecule has 1 amide bonds. The van der Waals surface area contributed by atoms with Crippen LogP contribution in [-0.2, 0) is 4.79 Å². The van der Waals surface area contributed by atoms with E-state index in [0.717, 1.165) is 6.42 Å². The highest BCUT2D eigenvalue weighted by molar-refractivity contribution is 5.73. The molecule has 0 bridgehead atoms. The highest BCUT2D eigenvalue weighted by Crippen LogP contribution is 2.01. The van der Waals surface area contributed by atoms with E-state index in [1.807, 2.05) is 0 Å². The molecule has 1 rings (SSSR count). The molecule has 0 aliphatic heterocycles. The zero-order chi connectivity index (χ0) is 10.8. The second-order valence-corrected chi connectivity index (χ2v) is 2.92. The summed E-state index contributed by atoms with van der Waals surface area (Å²) in [6.45, 7) is 1.96. The molecule has 78 valence electrons. The van der Waals surface area contributed by atoms with E-state index in [1.165, 1.54) is 5.57 Å². The molecular weight excluding hydrogens is 178 g/mol. The average Bonchev–Trinajstić information content (AvgIpc) is 2.33. The maximum Gasteiger partial charge on any atom is 0.219 e. The lowest BCUT2D eigenvalue weighted by Crippen LogP contribution is -2.11. The van der Waals surface area contributed by atoms with Crippen LogP contribution in [0.3, 0.4) is 0 Å². The summed E-state index contributed by atoms with van der Waals surface area (Å²) in [5, 5.41) is 7.94. The van der Waals surface area contributed by atoms with E-state index in [9.17, 15) is 4.79 Å². The Morgan fingerprint density at radius 3 is 2.79 bits per heavy atom. The van der Waals surface area contributed by atoms with E-state index in [0.29, 0.717) is 0 Å². The minimum Gasteiger partial charge on any atom is -0.396 e. The van der Waals surface area contributed by atoms with Crippen LogP contribution in [0.4, 0.5) is 0 Å². The number of amides is 1. The van der Waals surface area contributed by atoms with Crippen LogP contribution in [0.1, 0.15) is 19.8 Å². The van der Waals surface area contributed by atoms with Crippen LogP contribution in [0.25, 0.3) is 0 Å². The number of primary amides is 1. The van der Waals surface area contributed by atoms with Crippen LogP contribution in [0.5, 0.6) is 0 Å². The molecule has 0 atom stereocenters.